The van der Waals surface area contributed by atoms with Crippen LogP contribution in [0.2, 0.25) is 0 Å². The number of fused-ring (bicyclic) bond motifs is 3. The summed E-state index contributed by atoms with van der Waals surface area (Å²) in [7, 11) is 0. The number of aliphatic carboxylic acids is 1. The van der Waals surface area contributed by atoms with Crippen LogP contribution in [0.5, 0.6) is 0 Å². The summed E-state index contributed by atoms with van der Waals surface area (Å²) in [5.74, 6) is -2.17. The summed E-state index contributed by atoms with van der Waals surface area (Å²) < 4.78 is 6.65. The molecule has 0 unspecified atom stereocenters. The minimum absolute atomic E-state index is 0. The summed E-state index contributed by atoms with van der Waals surface area (Å²) in [6.45, 7) is 2.14. The van der Waals surface area contributed by atoms with Crippen LogP contribution in [-0.2, 0) is 14.3 Å². The topological polar surface area (TPSA) is 89.9 Å². The largest absolute Gasteiger partial charge is 1.00 e. The molecule has 6 nitrogen and oxygen atoms in total. The van der Waals surface area contributed by atoms with Crippen LogP contribution in [0.15, 0.2) is 11.3 Å². The quantitative estimate of drug-likeness (QED) is 0.210. The van der Waals surface area contributed by atoms with Gasteiger partial charge in [-0.3, -0.25) is 4.79 Å². The number of carbonyl (C=O) groups is 2. The second kappa shape index (κ2) is 7.70. The summed E-state index contributed by atoms with van der Waals surface area (Å²) in [6, 6.07) is -0.249. The number of amides is 1. The van der Waals surface area contributed by atoms with E-state index in [0.29, 0.717) is 12.2 Å². The fourth-order valence-electron chi connectivity index (χ4n) is 4.18. The maximum absolute atomic E-state index is 12.3. The van der Waals surface area contributed by atoms with Gasteiger partial charge >= 0.3 is 29.6 Å². The number of nitrogens with zero attached hydrogens (tertiary/aromatic N) is 1. The van der Waals surface area contributed by atoms with Gasteiger partial charge in [0.05, 0.1) is 42.4 Å². The number of carbonyl (C=O) groups excluding carboxylic acids is 2. The predicted octanol–water partition coefficient (Wildman–Crippen LogP) is -3.16. The molecule has 5 atom stereocenters. The number of rotatable bonds is 5. The third-order valence-electron chi connectivity index (χ3n) is 4.95. The van der Waals surface area contributed by atoms with E-state index in [2.05, 4.69) is 22.6 Å². The number of β-lactam (4-membered cyclic amide) rings is 1. The van der Waals surface area contributed by atoms with Crippen LogP contribution in [0.1, 0.15) is 26.2 Å². The molecule has 1 N–H and O–H groups in total. The number of carboxylic acids is 1. The van der Waals surface area contributed by atoms with E-state index in [0.717, 1.165) is 23.7 Å². The fraction of sp³-hybridized carbons (Fsp3) is 0.733. The van der Waals surface area contributed by atoms with Crippen molar-refractivity contribution in [2.75, 3.05) is 11.0 Å². The molecule has 2 fully saturated rings. The maximum Gasteiger partial charge on any atom is 1.00 e. The molecule has 1 saturated carbocycles. The zero-order valence-electron chi connectivity index (χ0n) is 13.3. The van der Waals surface area contributed by atoms with Crippen LogP contribution < -0.4 is 34.7 Å². The van der Waals surface area contributed by atoms with Gasteiger partial charge in [-0.25, -0.2) is 0 Å². The van der Waals surface area contributed by atoms with Gasteiger partial charge in [0.1, 0.15) is 0 Å². The fourth-order valence-corrected chi connectivity index (χ4v) is 4.44. The molecule has 2 heterocycles. The molecule has 0 bridgehead atoms. The molecule has 0 aromatic carbocycles. The van der Waals surface area contributed by atoms with Gasteiger partial charge in [0.25, 0.3) is 0 Å². The van der Waals surface area contributed by atoms with Gasteiger partial charge in [-0.05, 0) is 31.8 Å². The smallest absolute Gasteiger partial charge is 0.543 e. The molecule has 2 aliphatic heterocycles. The van der Waals surface area contributed by atoms with Crippen molar-refractivity contribution >= 4 is 34.5 Å². The van der Waals surface area contributed by atoms with Gasteiger partial charge in [-0.15, -0.1) is 0 Å². The molecular weight excluding hydrogens is 424 g/mol. The Morgan fingerprint density at radius 2 is 2.22 bits per heavy atom. The minimum Gasteiger partial charge on any atom is -0.543 e. The van der Waals surface area contributed by atoms with E-state index in [-0.39, 0.29) is 59.2 Å². The van der Waals surface area contributed by atoms with Crippen LogP contribution in [0.25, 0.3) is 0 Å². The van der Waals surface area contributed by atoms with E-state index in [4.69, 9.17) is 4.74 Å². The molecule has 0 radical (unpaired) electrons. The number of halogens is 1. The number of aliphatic hydroxyl groups excluding tert-OH is 1. The summed E-state index contributed by atoms with van der Waals surface area (Å²) in [5.41, 5.74) is 0.702. The van der Waals surface area contributed by atoms with E-state index in [9.17, 15) is 19.8 Å². The van der Waals surface area contributed by atoms with Crippen LogP contribution in [0.3, 0.4) is 0 Å². The van der Waals surface area contributed by atoms with E-state index < -0.39 is 18.0 Å². The first-order valence-corrected chi connectivity index (χ1v) is 9.15. The van der Waals surface area contributed by atoms with Gasteiger partial charge < -0.3 is 24.6 Å². The zero-order chi connectivity index (χ0) is 16.0. The van der Waals surface area contributed by atoms with Crippen molar-refractivity contribution in [2.24, 2.45) is 11.8 Å². The second-order valence-corrected chi connectivity index (χ2v) is 7.22. The average molecular weight is 443 g/mol. The molecule has 3 aliphatic rings. The summed E-state index contributed by atoms with van der Waals surface area (Å²) in [5, 5.41) is 21.5. The molecule has 1 amide bonds. The molecule has 0 spiro atoms. The summed E-state index contributed by atoms with van der Waals surface area (Å²) in [4.78, 5) is 25.2. The Morgan fingerprint density at radius 1 is 1.52 bits per heavy atom. The summed E-state index contributed by atoms with van der Waals surface area (Å²) in [6.07, 6.45) is 1.51. The molecule has 122 valence electrons. The molecule has 3 rings (SSSR count). The van der Waals surface area contributed by atoms with Crippen molar-refractivity contribution in [1.29, 1.82) is 0 Å². The Hall–Kier alpha value is 0.330. The van der Waals surface area contributed by atoms with Crippen LogP contribution in [0, 0.1) is 11.8 Å². The van der Waals surface area contributed by atoms with Crippen LogP contribution in [-0.4, -0.2) is 51.2 Å². The van der Waals surface area contributed by atoms with Crippen molar-refractivity contribution in [3.05, 3.63) is 11.3 Å². The van der Waals surface area contributed by atoms with Crippen molar-refractivity contribution < 1.29 is 54.1 Å². The molecule has 1 saturated heterocycles. The molecule has 0 aromatic heterocycles. The van der Waals surface area contributed by atoms with Gasteiger partial charge in [0, 0.05) is 10.3 Å². The number of ether oxygens (including phenoxy) is 1. The van der Waals surface area contributed by atoms with E-state index in [1.54, 1.807) is 6.92 Å². The Balaban J connectivity index is 0.00000192. The molecule has 8 heteroatoms. The van der Waals surface area contributed by atoms with Crippen molar-refractivity contribution in [3.8, 4) is 0 Å². The van der Waals surface area contributed by atoms with Gasteiger partial charge in [0.2, 0.25) is 5.91 Å². The SMILES string of the molecule is C[C@@H](O)[C@H]1C(=O)N2C(C(=O)[O-])=C3[C@@H](OCCI)CCC[C@H]3[C@H]12.[Na+]. The van der Waals surface area contributed by atoms with E-state index in [1.807, 2.05) is 0 Å². The Morgan fingerprint density at radius 3 is 2.78 bits per heavy atom. The molecule has 23 heavy (non-hydrogen) atoms. The monoisotopic (exact) mass is 443 g/mol. The van der Waals surface area contributed by atoms with E-state index >= 15 is 0 Å². The number of hydrogen-bond acceptors (Lipinski definition) is 5. The van der Waals surface area contributed by atoms with Crippen molar-refractivity contribution in [2.45, 2.75) is 44.4 Å². The van der Waals surface area contributed by atoms with Gasteiger partial charge in [-0.2, -0.15) is 0 Å². The van der Waals surface area contributed by atoms with Crippen LogP contribution >= 0.6 is 22.6 Å². The van der Waals surface area contributed by atoms with E-state index in [1.165, 1.54) is 4.90 Å². The average Bonchev–Trinajstić information content (AvgIpc) is 2.76. The second-order valence-electron chi connectivity index (χ2n) is 6.14. The predicted molar refractivity (Wildman–Crippen MR) is 83.8 cm³/mol. The number of alkyl halides is 1. The Labute approximate surface area is 171 Å². The van der Waals surface area contributed by atoms with Crippen molar-refractivity contribution in [3.63, 3.8) is 0 Å². The first-order chi connectivity index (χ1) is 10.5. The standard InChI is InChI=1S/C15H20INO5.Na/c1-7(18)10-12-8-3-2-4-9(22-6-5-16)11(8)13(15(20)21)17(12)14(10)19;/h7-10,12,18H,2-6H2,1H3,(H,20,21);/q;+1/p-1/t7-,8-,9+,10-,12-;/m1./s1. The normalized spacial score (nSPS) is 33.5. The van der Waals surface area contributed by atoms with Gasteiger partial charge in [0.15, 0.2) is 0 Å². The van der Waals surface area contributed by atoms with Gasteiger partial charge in [-0.1, -0.05) is 22.6 Å². The number of hydrogen-bond donors (Lipinski definition) is 1. The third kappa shape index (κ3) is 3.13. The first-order valence-electron chi connectivity index (χ1n) is 7.63. The zero-order valence-corrected chi connectivity index (χ0v) is 17.5. The molecular formula is C15H19INNaO5. The van der Waals surface area contributed by atoms with Crippen LogP contribution in [0.4, 0.5) is 0 Å². The summed E-state index contributed by atoms with van der Waals surface area (Å²) >= 11 is 2.21. The number of carboxylic acid groups (broad SMARTS) is 1. The Kier molecular flexibility index (Phi) is 6.58. The maximum atomic E-state index is 12.3. The number of aliphatic hydroxyl groups is 1. The molecule has 0 aromatic rings. The minimum atomic E-state index is -1.31. The first kappa shape index (κ1) is 19.7. The van der Waals surface area contributed by atoms with Crippen molar-refractivity contribution in [1.82, 2.24) is 4.90 Å². The Bertz CT molecular complexity index is 538. The molecule has 1 aliphatic carbocycles. The third-order valence-corrected chi connectivity index (χ3v) is 5.39.